The molecule has 1 aromatic rings. The normalized spacial score (nSPS) is 20.8. The molecule has 1 heterocycles. The molecule has 0 bridgehead atoms. The van der Waals surface area contributed by atoms with Crippen LogP contribution in [0, 0.1) is 12.8 Å². The highest BCUT2D eigenvalue weighted by molar-refractivity contribution is 7.09. The van der Waals surface area contributed by atoms with Crippen molar-refractivity contribution in [2.24, 2.45) is 11.7 Å². The summed E-state index contributed by atoms with van der Waals surface area (Å²) in [6.45, 7) is 2.57. The monoisotopic (exact) mass is 212 g/mol. The van der Waals surface area contributed by atoms with Crippen molar-refractivity contribution < 1.29 is 4.74 Å². The van der Waals surface area contributed by atoms with Crippen molar-refractivity contribution >= 4 is 11.3 Å². The summed E-state index contributed by atoms with van der Waals surface area (Å²) in [4.78, 5) is 4.48. The third-order valence-corrected chi connectivity index (χ3v) is 3.86. The van der Waals surface area contributed by atoms with Gasteiger partial charge < -0.3 is 10.5 Å². The lowest BCUT2D eigenvalue weighted by atomic mass is 9.96. The van der Waals surface area contributed by atoms with Crippen LogP contribution in [0.4, 0.5) is 0 Å². The van der Waals surface area contributed by atoms with E-state index in [1.54, 1.807) is 18.4 Å². The van der Waals surface area contributed by atoms with Crippen LogP contribution in [-0.2, 0) is 10.3 Å². The van der Waals surface area contributed by atoms with Crippen LogP contribution in [0.25, 0.3) is 0 Å². The highest BCUT2D eigenvalue weighted by Gasteiger charge is 2.45. The Labute approximate surface area is 88.3 Å². The predicted molar refractivity (Wildman–Crippen MR) is 57.3 cm³/mol. The van der Waals surface area contributed by atoms with E-state index >= 15 is 0 Å². The number of thiazole rings is 1. The molecule has 14 heavy (non-hydrogen) atoms. The van der Waals surface area contributed by atoms with Gasteiger partial charge in [0, 0.05) is 18.2 Å². The first-order valence-corrected chi connectivity index (χ1v) is 5.75. The van der Waals surface area contributed by atoms with Gasteiger partial charge in [-0.2, -0.15) is 0 Å². The molecule has 78 valence electrons. The fourth-order valence-corrected chi connectivity index (χ4v) is 2.74. The molecule has 0 aliphatic heterocycles. The summed E-state index contributed by atoms with van der Waals surface area (Å²) in [6, 6.07) is 0. The third-order valence-electron chi connectivity index (χ3n) is 2.71. The molecule has 1 atom stereocenters. The minimum Gasteiger partial charge on any atom is -0.382 e. The van der Waals surface area contributed by atoms with Crippen molar-refractivity contribution in [3.63, 3.8) is 0 Å². The van der Waals surface area contributed by atoms with Gasteiger partial charge in [-0.25, -0.2) is 4.98 Å². The number of hydrogen-bond acceptors (Lipinski definition) is 4. The van der Waals surface area contributed by atoms with Crippen LogP contribution in [0.3, 0.4) is 0 Å². The lowest BCUT2D eigenvalue weighted by Gasteiger charge is -2.26. The highest BCUT2D eigenvalue weighted by Crippen LogP contribution is 2.44. The van der Waals surface area contributed by atoms with Crippen molar-refractivity contribution in [1.29, 1.82) is 0 Å². The zero-order chi connectivity index (χ0) is 10.2. The van der Waals surface area contributed by atoms with Crippen LogP contribution in [0.1, 0.15) is 23.5 Å². The second kappa shape index (κ2) is 3.61. The fourth-order valence-electron chi connectivity index (χ4n) is 1.76. The Hall–Kier alpha value is -0.450. The van der Waals surface area contributed by atoms with E-state index in [1.165, 1.54) is 12.8 Å². The molecular formula is C10H16N2OS. The second-order valence-electron chi connectivity index (χ2n) is 4.04. The molecular weight excluding hydrogens is 196 g/mol. The van der Waals surface area contributed by atoms with Gasteiger partial charge in [-0.3, -0.25) is 0 Å². The SMILES string of the molecule is COCC(N)(c1nc(C)cs1)C1CC1. The van der Waals surface area contributed by atoms with E-state index in [2.05, 4.69) is 10.4 Å². The summed E-state index contributed by atoms with van der Waals surface area (Å²) in [5, 5.41) is 3.08. The van der Waals surface area contributed by atoms with E-state index in [-0.39, 0.29) is 5.54 Å². The number of aryl methyl sites for hydroxylation is 1. The summed E-state index contributed by atoms with van der Waals surface area (Å²) in [5.41, 5.74) is 7.08. The summed E-state index contributed by atoms with van der Waals surface area (Å²) >= 11 is 1.65. The van der Waals surface area contributed by atoms with E-state index in [4.69, 9.17) is 10.5 Å². The van der Waals surface area contributed by atoms with Crippen molar-refractivity contribution in [1.82, 2.24) is 4.98 Å². The quantitative estimate of drug-likeness (QED) is 0.825. The Morgan fingerprint density at radius 2 is 2.43 bits per heavy atom. The van der Waals surface area contributed by atoms with E-state index in [1.807, 2.05) is 6.92 Å². The van der Waals surface area contributed by atoms with E-state index in [0.29, 0.717) is 12.5 Å². The molecule has 1 fully saturated rings. The molecule has 1 aliphatic carbocycles. The lowest BCUT2D eigenvalue weighted by Crippen LogP contribution is -2.43. The minimum absolute atomic E-state index is 0.340. The van der Waals surface area contributed by atoms with Gasteiger partial charge >= 0.3 is 0 Å². The molecule has 0 spiro atoms. The molecule has 0 radical (unpaired) electrons. The zero-order valence-corrected chi connectivity index (χ0v) is 9.43. The Bertz CT molecular complexity index is 322. The average Bonchev–Trinajstić information content (AvgIpc) is 2.90. The molecule has 0 amide bonds. The number of ether oxygens (including phenoxy) is 1. The maximum absolute atomic E-state index is 6.37. The van der Waals surface area contributed by atoms with Gasteiger partial charge in [-0.05, 0) is 25.7 Å². The predicted octanol–water partition coefficient (Wildman–Crippen LogP) is 1.66. The maximum atomic E-state index is 6.37. The summed E-state index contributed by atoms with van der Waals surface area (Å²) in [5.74, 6) is 0.563. The largest absolute Gasteiger partial charge is 0.382 e. The van der Waals surface area contributed by atoms with Gasteiger partial charge in [-0.15, -0.1) is 11.3 Å². The first kappa shape index (κ1) is 10.1. The number of methoxy groups -OCH3 is 1. The Morgan fingerprint density at radius 3 is 2.86 bits per heavy atom. The maximum Gasteiger partial charge on any atom is 0.115 e. The van der Waals surface area contributed by atoms with Crippen molar-refractivity contribution in [3.05, 3.63) is 16.1 Å². The van der Waals surface area contributed by atoms with Gasteiger partial charge in [0.1, 0.15) is 5.01 Å². The third kappa shape index (κ3) is 1.69. The van der Waals surface area contributed by atoms with Gasteiger partial charge in [0.05, 0.1) is 12.1 Å². The van der Waals surface area contributed by atoms with Gasteiger partial charge in [0.2, 0.25) is 0 Å². The molecule has 0 saturated heterocycles. The Morgan fingerprint density at radius 1 is 1.71 bits per heavy atom. The molecule has 2 rings (SSSR count). The van der Waals surface area contributed by atoms with Crippen LogP contribution in [0.5, 0.6) is 0 Å². The Kier molecular flexibility index (Phi) is 2.60. The van der Waals surface area contributed by atoms with E-state index in [9.17, 15) is 0 Å². The topological polar surface area (TPSA) is 48.1 Å². The van der Waals surface area contributed by atoms with E-state index < -0.39 is 0 Å². The summed E-state index contributed by atoms with van der Waals surface area (Å²) in [6.07, 6.45) is 2.41. The van der Waals surface area contributed by atoms with Gasteiger partial charge in [0.25, 0.3) is 0 Å². The summed E-state index contributed by atoms with van der Waals surface area (Å²) in [7, 11) is 1.70. The van der Waals surface area contributed by atoms with Crippen LogP contribution in [0.15, 0.2) is 5.38 Å². The molecule has 1 aromatic heterocycles. The zero-order valence-electron chi connectivity index (χ0n) is 8.62. The van der Waals surface area contributed by atoms with Crippen molar-refractivity contribution in [2.75, 3.05) is 13.7 Å². The standard InChI is InChI=1S/C10H16N2OS/c1-7-5-14-9(12-7)10(11,6-13-2)8-3-4-8/h5,8H,3-4,6,11H2,1-2H3. The van der Waals surface area contributed by atoms with Crippen molar-refractivity contribution in [3.8, 4) is 0 Å². The molecule has 1 aliphatic rings. The minimum atomic E-state index is -0.340. The Balaban J connectivity index is 2.25. The molecule has 2 N–H and O–H groups in total. The first-order valence-electron chi connectivity index (χ1n) is 4.87. The fraction of sp³-hybridized carbons (Fsp3) is 0.700. The summed E-state index contributed by atoms with van der Waals surface area (Å²) < 4.78 is 5.21. The molecule has 1 saturated carbocycles. The number of hydrogen-bond donors (Lipinski definition) is 1. The highest BCUT2D eigenvalue weighted by atomic mass is 32.1. The molecule has 0 aromatic carbocycles. The average molecular weight is 212 g/mol. The number of nitrogens with zero attached hydrogens (tertiary/aromatic N) is 1. The van der Waals surface area contributed by atoms with Crippen LogP contribution in [-0.4, -0.2) is 18.7 Å². The van der Waals surface area contributed by atoms with Crippen LogP contribution in [0.2, 0.25) is 0 Å². The number of nitrogens with two attached hydrogens (primary N) is 1. The second-order valence-corrected chi connectivity index (χ2v) is 4.90. The van der Waals surface area contributed by atoms with E-state index in [0.717, 1.165) is 10.7 Å². The van der Waals surface area contributed by atoms with Gasteiger partial charge in [0.15, 0.2) is 0 Å². The smallest absolute Gasteiger partial charge is 0.115 e. The molecule has 4 heteroatoms. The molecule has 3 nitrogen and oxygen atoms in total. The van der Waals surface area contributed by atoms with Crippen LogP contribution < -0.4 is 5.73 Å². The molecule has 1 unspecified atom stereocenters. The number of rotatable bonds is 4. The number of aromatic nitrogens is 1. The first-order chi connectivity index (χ1) is 6.66. The van der Waals surface area contributed by atoms with Gasteiger partial charge in [-0.1, -0.05) is 0 Å². The lowest BCUT2D eigenvalue weighted by molar-refractivity contribution is 0.119. The van der Waals surface area contributed by atoms with Crippen molar-refractivity contribution in [2.45, 2.75) is 25.3 Å². The van der Waals surface area contributed by atoms with Crippen LogP contribution >= 0.6 is 11.3 Å².